The van der Waals surface area contributed by atoms with Crippen molar-refractivity contribution in [1.82, 2.24) is 20.8 Å². The van der Waals surface area contributed by atoms with Crippen LogP contribution in [0.25, 0.3) is 0 Å². The molecule has 0 saturated carbocycles. The first-order valence-electron chi connectivity index (χ1n) is 6.94. The average Bonchev–Trinajstić information content (AvgIpc) is 2.88. The predicted octanol–water partition coefficient (Wildman–Crippen LogP) is 2.19. The van der Waals surface area contributed by atoms with Crippen LogP contribution in [0.2, 0.25) is 5.02 Å². The molecular formula is C14H16ClN5OS. The van der Waals surface area contributed by atoms with E-state index in [-0.39, 0.29) is 12.1 Å². The van der Waals surface area contributed by atoms with Gasteiger partial charge in [-0.05, 0) is 24.6 Å². The van der Waals surface area contributed by atoms with E-state index in [1.165, 1.54) is 0 Å². The van der Waals surface area contributed by atoms with Crippen LogP contribution >= 0.6 is 22.9 Å². The molecule has 1 aliphatic heterocycles. The van der Waals surface area contributed by atoms with Crippen molar-refractivity contribution >= 4 is 34.1 Å². The van der Waals surface area contributed by atoms with E-state index in [1.807, 2.05) is 31.2 Å². The molecule has 1 aromatic carbocycles. The van der Waals surface area contributed by atoms with Crippen molar-refractivity contribution in [2.75, 3.05) is 18.0 Å². The van der Waals surface area contributed by atoms with Gasteiger partial charge in [0.25, 0.3) is 0 Å². The maximum atomic E-state index is 11.8. The molecule has 0 atom stereocenters. The molecule has 0 unspecified atom stereocenters. The summed E-state index contributed by atoms with van der Waals surface area (Å²) >= 11 is 7.39. The van der Waals surface area contributed by atoms with Crippen LogP contribution in [0, 0.1) is 6.92 Å². The van der Waals surface area contributed by atoms with Gasteiger partial charge in [0.1, 0.15) is 5.01 Å². The first-order valence-corrected chi connectivity index (χ1v) is 8.13. The number of nitrogens with zero attached hydrogens (tertiary/aromatic N) is 3. The summed E-state index contributed by atoms with van der Waals surface area (Å²) in [6.45, 7) is 3.95. The topological polar surface area (TPSA) is 70.2 Å². The van der Waals surface area contributed by atoms with Crippen molar-refractivity contribution in [3.63, 3.8) is 0 Å². The Hall–Kier alpha value is -1.86. The van der Waals surface area contributed by atoms with Gasteiger partial charge in [-0.1, -0.05) is 35.1 Å². The molecule has 1 fully saturated rings. The third-order valence-electron chi connectivity index (χ3n) is 3.37. The zero-order valence-corrected chi connectivity index (χ0v) is 13.6. The minimum Gasteiger partial charge on any atom is -0.342 e. The predicted molar refractivity (Wildman–Crippen MR) is 87.5 cm³/mol. The highest BCUT2D eigenvalue weighted by molar-refractivity contribution is 7.15. The molecule has 2 amide bonds. The van der Waals surface area contributed by atoms with E-state index < -0.39 is 0 Å². The molecule has 1 aliphatic rings. The molecule has 6 nitrogen and oxygen atoms in total. The summed E-state index contributed by atoms with van der Waals surface area (Å²) in [5.41, 5.74) is 1.01. The summed E-state index contributed by atoms with van der Waals surface area (Å²) in [6, 6.07) is 7.40. The van der Waals surface area contributed by atoms with Crippen molar-refractivity contribution in [1.29, 1.82) is 0 Å². The number of urea groups is 1. The van der Waals surface area contributed by atoms with Crippen molar-refractivity contribution in [3.05, 3.63) is 39.9 Å². The van der Waals surface area contributed by atoms with Crippen molar-refractivity contribution in [3.8, 4) is 0 Å². The lowest BCUT2D eigenvalue weighted by atomic mass is 10.1. The van der Waals surface area contributed by atoms with E-state index >= 15 is 0 Å². The number of aryl methyl sites for hydroxylation is 1. The van der Waals surface area contributed by atoms with Crippen LogP contribution in [0.3, 0.4) is 0 Å². The van der Waals surface area contributed by atoms with Crippen LogP contribution in [0.5, 0.6) is 0 Å². The molecule has 116 valence electrons. The van der Waals surface area contributed by atoms with E-state index in [0.29, 0.717) is 11.6 Å². The molecular weight excluding hydrogens is 322 g/mol. The fourth-order valence-electron chi connectivity index (χ4n) is 2.16. The van der Waals surface area contributed by atoms with Gasteiger partial charge in [0.15, 0.2) is 0 Å². The molecule has 2 aromatic rings. The molecule has 22 heavy (non-hydrogen) atoms. The summed E-state index contributed by atoms with van der Waals surface area (Å²) in [5, 5.41) is 16.4. The fraction of sp³-hybridized carbons (Fsp3) is 0.357. The molecule has 1 saturated heterocycles. The Bertz CT molecular complexity index is 654. The van der Waals surface area contributed by atoms with Crippen molar-refractivity contribution in [2.45, 2.75) is 19.5 Å². The maximum absolute atomic E-state index is 11.8. The summed E-state index contributed by atoms with van der Waals surface area (Å²) < 4.78 is 0. The Morgan fingerprint density at radius 3 is 2.73 bits per heavy atom. The second-order valence-corrected chi connectivity index (χ2v) is 6.76. The highest BCUT2D eigenvalue weighted by Crippen LogP contribution is 2.24. The zero-order chi connectivity index (χ0) is 15.5. The van der Waals surface area contributed by atoms with Crippen LogP contribution in [0.15, 0.2) is 24.3 Å². The van der Waals surface area contributed by atoms with Gasteiger partial charge in [-0.25, -0.2) is 4.79 Å². The van der Waals surface area contributed by atoms with Crippen molar-refractivity contribution < 1.29 is 4.79 Å². The molecule has 0 aliphatic carbocycles. The summed E-state index contributed by atoms with van der Waals surface area (Å²) in [6.07, 6.45) is 0. The molecule has 3 rings (SSSR count). The monoisotopic (exact) mass is 337 g/mol. The normalized spacial score (nSPS) is 14.5. The molecule has 2 heterocycles. The van der Waals surface area contributed by atoms with Gasteiger partial charge in [-0.3, -0.25) is 0 Å². The van der Waals surface area contributed by atoms with Gasteiger partial charge in [0, 0.05) is 24.7 Å². The Morgan fingerprint density at radius 2 is 2.09 bits per heavy atom. The lowest BCUT2D eigenvalue weighted by molar-refractivity contribution is 0.234. The van der Waals surface area contributed by atoms with Gasteiger partial charge < -0.3 is 15.5 Å². The molecule has 1 aromatic heterocycles. The van der Waals surface area contributed by atoms with Gasteiger partial charge in [0.05, 0.1) is 6.04 Å². The zero-order valence-electron chi connectivity index (χ0n) is 12.0. The van der Waals surface area contributed by atoms with E-state index in [2.05, 4.69) is 25.7 Å². The number of rotatable bonds is 4. The van der Waals surface area contributed by atoms with Crippen LogP contribution in [0.1, 0.15) is 10.6 Å². The Kier molecular flexibility index (Phi) is 4.44. The number of anilines is 1. The van der Waals surface area contributed by atoms with Gasteiger partial charge in [0.2, 0.25) is 5.13 Å². The van der Waals surface area contributed by atoms with Gasteiger partial charge >= 0.3 is 6.03 Å². The van der Waals surface area contributed by atoms with Crippen LogP contribution < -0.4 is 15.5 Å². The van der Waals surface area contributed by atoms with E-state index in [4.69, 9.17) is 11.6 Å². The highest BCUT2D eigenvalue weighted by atomic mass is 35.5. The largest absolute Gasteiger partial charge is 0.342 e. The Labute approximate surface area is 137 Å². The number of nitrogens with one attached hydrogen (secondary N) is 2. The SMILES string of the molecule is Cc1nnc(N2CC(NC(=O)NCc3ccc(Cl)cc3)C2)s1. The minimum absolute atomic E-state index is 0.148. The lowest BCUT2D eigenvalue weighted by Crippen LogP contribution is -2.60. The molecule has 0 bridgehead atoms. The molecule has 0 spiro atoms. The smallest absolute Gasteiger partial charge is 0.315 e. The standard InChI is InChI=1S/C14H16ClN5OS/c1-9-18-19-14(22-9)20-7-12(8-20)17-13(21)16-6-10-2-4-11(15)5-3-10/h2-5,12H,6-8H2,1H3,(H2,16,17,21). The summed E-state index contributed by atoms with van der Waals surface area (Å²) in [5.74, 6) is 0. The number of halogens is 1. The fourth-order valence-corrected chi connectivity index (χ4v) is 2.99. The van der Waals surface area contributed by atoms with E-state index in [9.17, 15) is 4.79 Å². The number of benzene rings is 1. The second-order valence-electron chi connectivity index (χ2n) is 5.16. The lowest BCUT2D eigenvalue weighted by Gasteiger charge is -2.38. The third-order valence-corrected chi connectivity index (χ3v) is 4.52. The average molecular weight is 338 g/mol. The van der Waals surface area contributed by atoms with Crippen LogP contribution in [-0.4, -0.2) is 35.4 Å². The number of amides is 2. The van der Waals surface area contributed by atoms with Crippen LogP contribution in [0.4, 0.5) is 9.93 Å². The maximum Gasteiger partial charge on any atom is 0.315 e. The summed E-state index contributed by atoms with van der Waals surface area (Å²) in [7, 11) is 0. The molecule has 0 radical (unpaired) electrons. The second kappa shape index (κ2) is 6.50. The molecule has 2 N–H and O–H groups in total. The van der Waals surface area contributed by atoms with Gasteiger partial charge in [-0.15, -0.1) is 10.2 Å². The molecule has 8 heteroatoms. The van der Waals surface area contributed by atoms with Crippen molar-refractivity contribution in [2.24, 2.45) is 0 Å². The number of hydrogen-bond donors (Lipinski definition) is 2. The van der Waals surface area contributed by atoms with Crippen LogP contribution in [-0.2, 0) is 6.54 Å². The first-order chi connectivity index (χ1) is 10.6. The minimum atomic E-state index is -0.159. The summed E-state index contributed by atoms with van der Waals surface area (Å²) in [4.78, 5) is 13.9. The highest BCUT2D eigenvalue weighted by Gasteiger charge is 2.30. The van der Waals surface area contributed by atoms with Gasteiger partial charge in [-0.2, -0.15) is 0 Å². The number of aromatic nitrogens is 2. The third kappa shape index (κ3) is 3.66. The quantitative estimate of drug-likeness (QED) is 0.897. The van der Waals surface area contributed by atoms with E-state index in [0.717, 1.165) is 28.8 Å². The van der Waals surface area contributed by atoms with E-state index in [1.54, 1.807) is 11.3 Å². The number of carbonyl (C=O) groups excluding carboxylic acids is 1. The Balaban J connectivity index is 1.39. The number of carbonyl (C=O) groups is 1. The number of hydrogen-bond acceptors (Lipinski definition) is 5. The first kappa shape index (κ1) is 15.1. The Morgan fingerprint density at radius 1 is 1.36 bits per heavy atom.